The normalized spacial score (nSPS) is 12.9. The fraction of sp³-hybridized carbons (Fsp3) is 0.588. The SMILES string of the molecule is CCC[C@H](C)NC(=O)CCc1cc(S(=O)(=O)N(C)C)ccc1OC. The second-order valence-corrected chi connectivity index (χ2v) is 8.17. The highest BCUT2D eigenvalue weighted by atomic mass is 32.2. The molecule has 1 atom stereocenters. The Morgan fingerprint density at radius 2 is 2.00 bits per heavy atom. The number of aryl methyl sites for hydroxylation is 1. The van der Waals surface area contributed by atoms with Crippen LogP contribution in [0.3, 0.4) is 0 Å². The maximum Gasteiger partial charge on any atom is 0.242 e. The monoisotopic (exact) mass is 356 g/mol. The Morgan fingerprint density at radius 3 is 2.54 bits per heavy atom. The summed E-state index contributed by atoms with van der Waals surface area (Å²) in [6.45, 7) is 4.05. The second-order valence-electron chi connectivity index (χ2n) is 6.02. The van der Waals surface area contributed by atoms with E-state index in [2.05, 4.69) is 12.2 Å². The molecule has 0 saturated carbocycles. The highest BCUT2D eigenvalue weighted by Crippen LogP contribution is 2.25. The van der Waals surface area contributed by atoms with Crippen LogP contribution in [0.1, 0.15) is 38.7 Å². The number of rotatable bonds is 9. The van der Waals surface area contributed by atoms with Crippen LogP contribution in [0.4, 0.5) is 0 Å². The molecule has 0 aliphatic heterocycles. The van der Waals surface area contributed by atoms with Crippen molar-refractivity contribution >= 4 is 15.9 Å². The van der Waals surface area contributed by atoms with E-state index >= 15 is 0 Å². The first-order valence-electron chi connectivity index (χ1n) is 8.11. The van der Waals surface area contributed by atoms with Crippen LogP contribution in [0.2, 0.25) is 0 Å². The second kappa shape index (κ2) is 9.03. The zero-order valence-corrected chi connectivity index (χ0v) is 15.9. The Labute approximate surface area is 145 Å². The van der Waals surface area contributed by atoms with E-state index in [0.29, 0.717) is 17.7 Å². The maximum atomic E-state index is 12.2. The molecule has 0 fully saturated rings. The average molecular weight is 356 g/mol. The van der Waals surface area contributed by atoms with Crippen molar-refractivity contribution in [2.24, 2.45) is 0 Å². The number of ether oxygens (including phenoxy) is 1. The van der Waals surface area contributed by atoms with E-state index in [-0.39, 0.29) is 23.3 Å². The lowest BCUT2D eigenvalue weighted by Crippen LogP contribution is -2.32. The number of sulfonamides is 1. The van der Waals surface area contributed by atoms with Gasteiger partial charge in [-0.3, -0.25) is 4.79 Å². The summed E-state index contributed by atoms with van der Waals surface area (Å²) in [4.78, 5) is 12.2. The number of carbonyl (C=O) groups is 1. The molecule has 0 aromatic heterocycles. The van der Waals surface area contributed by atoms with Gasteiger partial charge in [0.2, 0.25) is 15.9 Å². The van der Waals surface area contributed by atoms with Crippen molar-refractivity contribution in [1.82, 2.24) is 9.62 Å². The molecular formula is C17H28N2O4S. The summed E-state index contributed by atoms with van der Waals surface area (Å²) in [6, 6.07) is 4.87. The minimum Gasteiger partial charge on any atom is -0.496 e. The molecule has 1 N–H and O–H groups in total. The fourth-order valence-electron chi connectivity index (χ4n) is 2.42. The van der Waals surface area contributed by atoms with E-state index in [1.54, 1.807) is 12.1 Å². The first kappa shape index (κ1) is 20.4. The Morgan fingerprint density at radius 1 is 1.33 bits per heavy atom. The van der Waals surface area contributed by atoms with Gasteiger partial charge in [-0.2, -0.15) is 0 Å². The van der Waals surface area contributed by atoms with Gasteiger partial charge in [0.15, 0.2) is 0 Å². The minimum absolute atomic E-state index is 0.0427. The number of hydrogen-bond acceptors (Lipinski definition) is 4. The molecular weight excluding hydrogens is 328 g/mol. The van der Waals surface area contributed by atoms with Crippen molar-refractivity contribution in [2.45, 2.75) is 50.5 Å². The predicted octanol–water partition coefficient (Wildman–Crippen LogP) is 2.18. The summed E-state index contributed by atoms with van der Waals surface area (Å²) in [6.07, 6.45) is 2.66. The number of benzene rings is 1. The molecule has 1 amide bonds. The van der Waals surface area contributed by atoms with Gasteiger partial charge in [0.25, 0.3) is 0 Å². The quantitative estimate of drug-likeness (QED) is 0.736. The lowest BCUT2D eigenvalue weighted by atomic mass is 10.1. The molecule has 0 radical (unpaired) electrons. The average Bonchev–Trinajstić information content (AvgIpc) is 2.52. The zero-order chi connectivity index (χ0) is 18.3. The van der Waals surface area contributed by atoms with Gasteiger partial charge in [-0.15, -0.1) is 0 Å². The van der Waals surface area contributed by atoms with Crippen molar-refractivity contribution in [3.8, 4) is 5.75 Å². The van der Waals surface area contributed by atoms with Crippen LogP contribution in [-0.2, 0) is 21.2 Å². The Kier molecular flexibility index (Phi) is 7.69. The van der Waals surface area contributed by atoms with Crippen LogP contribution in [0.15, 0.2) is 23.1 Å². The van der Waals surface area contributed by atoms with E-state index in [9.17, 15) is 13.2 Å². The molecule has 6 nitrogen and oxygen atoms in total. The maximum absolute atomic E-state index is 12.2. The molecule has 0 aliphatic rings. The number of carbonyl (C=O) groups excluding carboxylic acids is 1. The zero-order valence-electron chi connectivity index (χ0n) is 15.1. The van der Waals surface area contributed by atoms with Crippen molar-refractivity contribution in [3.63, 3.8) is 0 Å². The van der Waals surface area contributed by atoms with Gasteiger partial charge in [-0.1, -0.05) is 13.3 Å². The topological polar surface area (TPSA) is 75.7 Å². The fourth-order valence-corrected chi connectivity index (χ4v) is 3.37. The summed E-state index contributed by atoms with van der Waals surface area (Å²) >= 11 is 0. The summed E-state index contributed by atoms with van der Waals surface area (Å²) in [5.41, 5.74) is 0.707. The molecule has 0 bridgehead atoms. The summed E-state index contributed by atoms with van der Waals surface area (Å²) in [5, 5.41) is 2.95. The van der Waals surface area contributed by atoms with Crippen molar-refractivity contribution < 1.29 is 17.9 Å². The first-order valence-corrected chi connectivity index (χ1v) is 9.55. The first-order chi connectivity index (χ1) is 11.2. The Hall–Kier alpha value is -1.60. The number of amides is 1. The number of nitrogens with zero attached hydrogens (tertiary/aromatic N) is 1. The number of nitrogens with one attached hydrogen (secondary N) is 1. The Balaban J connectivity index is 2.88. The molecule has 1 aromatic carbocycles. The van der Waals surface area contributed by atoms with Crippen LogP contribution >= 0.6 is 0 Å². The van der Waals surface area contributed by atoms with Crippen LogP contribution in [0.5, 0.6) is 5.75 Å². The third kappa shape index (κ3) is 5.49. The summed E-state index contributed by atoms with van der Waals surface area (Å²) in [7, 11) is 0.994. The summed E-state index contributed by atoms with van der Waals surface area (Å²) < 4.78 is 30.9. The smallest absolute Gasteiger partial charge is 0.242 e. The largest absolute Gasteiger partial charge is 0.496 e. The van der Waals surface area contributed by atoms with Crippen LogP contribution in [-0.4, -0.2) is 45.9 Å². The summed E-state index contributed by atoms with van der Waals surface area (Å²) in [5.74, 6) is 0.543. The Bertz CT molecular complexity index is 657. The molecule has 7 heteroatoms. The van der Waals surface area contributed by atoms with E-state index in [4.69, 9.17) is 4.74 Å². The third-order valence-corrected chi connectivity index (χ3v) is 5.59. The highest BCUT2D eigenvalue weighted by Gasteiger charge is 2.19. The van der Waals surface area contributed by atoms with Gasteiger partial charge in [0.05, 0.1) is 12.0 Å². The van der Waals surface area contributed by atoms with Crippen molar-refractivity contribution in [1.29, 1.82) is 0 Å². The predicted molar refractivity (Wildman–Crippen MR) is 94.7 cm³/mol. The van der Waals surface area contributed by atoms with Crippen molar-refractivity contribution in [3.05, 3.63) is 23.8 Å². The molecule has 24 heavy (non-hydrogen) atoms. The standard InChI is InChI=1S/C17H28N2O4S/c1-6-7-13(2)18-17(20)11-8-14-12-15(9-10-16(14)23-5)24(21,22)19(3)4/h9-10,12-13H,6-8,11H2,1-5H3,(H,18,20)/t13-/m0/s1. The van der Waals surface area contributed by atoms with Gasteiger partial charge in [0.1, 0.15) is 5.75 Å². The molecule has 1 aromatic rings. The van der Waals surface area contributed by atoms with E-state index in [0.717, 1.165) is 17.1 Å². The third-order valence-electron chi connectivity index (χ3n) is 3.78. The van der Waals surface area contributed by atoms with Crippen LogP contribution in [0.25, 0.3) is 0 Å². The number of methoxy groups -OCH3 is 1. The minimum atomic E-state index is -3.51. The number of hydrogen-bond donors (Lipinski definition) is 1. The lowest BCUT2D eigenvalue weighted by Gasteiger charge is -2.15. The molecule has 0 aliphatic carbocycles. The van der Waals surface area contributed by atoms with Gasteiger partial charge in [0, 0.05) is 26.6 Å². The van der Waals surface area contributed by atoms with Gasteiger partial charge < -0.3 is 10.1 Å². The van der Waals surface area contributed by atoms with E-state index < -0.39 is 10.0 Å². The molecule has 136 valence electrons. The highest BCUT2D eigenvalue weighted by molar-refractivity contribution is 7.89. The van der Waals surface area contributed by atoms with E-state index in [1.807, 2.05) is 6.92 Å². The van der Waals surface area contributed by atoms with E-state index in [1.165, 1.54) is 27.3 Å². The molecule has 0 unspecified atom stereocenters. The van der Waals surface area contributed by atoms with Gasteiger partial charge in [-0.05, 0) is 43.5 Å². The molecule has 1 rings (SSSR count). The van der Waals surface area contributed by atoms with Crippen molar-refractivity contribution in [2.75, 3.05) is 21.2 Å². The van der Waals surface area contributed by atoms with Gasteiger partial charge in [-0.25, -0.2) is 12.7 Å². The van der Waals surface area contributed by atoms with Gasteiger partial charge >= 0.3 is 0 Å². The molecule has 0 saturated heterocycles. The van der Waals surface area contributed by atoms with Crippen LogP contribution in [0, 0.1) is 0 Å². The lowest BCUT2D eigenvalue weighted by molar-refractivity contribution is -0.121. The molecule has 0 spiro atoms. The molecule has 0 heterocycles. The van der Waals surface area contributed by atoms with Crippen LogP contribution < -0.4 is 10.1 Å².